The summed E-state index contributed by atoms with van der Waals surface area (Å²) in [5.74, 6) is 0. The summed E-state index contributed by atoms with van der Waals surface area (Å²) in [6.07, 6.45) is 0. The molecule has 0 aliphatic carbocycles. The molecule has 0 radical (unpaired) electrons. The van der Waals surface area contributed by atoms with Crippen molar-refractivity contribution in [1.29, 1.82) is 0 Å². The van der Waals surface area contributed by atoms with E-state index < -0.39 is 15.3 Å². The fourth-order valence-corrected chi connectivity index (χ4v) is 2.97. The highest BCUT2D eigenvalue weighted by atomic mass is 35.5. The van der Waals surface area contributed by atoms with Crippen molar-refractivity contribution in [3.63, 3.8) is 0 Å². The number of hydrogen-bond acceptors (Lipinski definition) is 2. The van der Waals surface area contributed by atoms with Gasteiger partial charge in [-0.3, -0.25) is 0 Å². The molecule has 1 aromatic rings. The number of hydrogen-bond donors (Lipinski definition) is 0. The van der Waals surface area contributed by atoms with Crippen LogP contribution < -0.4 is 0 Å². The average Bonchev–Trinajstić information content (AvgIpc) is 2.27. The molecular weight excluding hydrogens is 258 g/mol. The Kier molecular flexibility index (Phi) is 4.98. The first-order chi connectivity index (χ1) is 7.89. The Bertz CT molecular complexity index is 471. The summed E-state index contributed by atoms with van der Waals surface area (Å²) in [7, 11) is -3.23. The fourth-order valence-electron chi connectivity index (χ4n) is 1.50. The molecule has 0 heterocycles. The van der Waals surface area contributed by atoms with Crippen LogP contribution in [0.3, 0.4) is 0 Å². The van der Waals surface area contributed by atoms with Crippen LogP contribution in [0.2, 0.25) is 5.02 Å². The zero-order valence-electron chi connectivity index (χ0n) is 10.4. The quantitative estimate of drug-likeness (QED) is 0.829. The van der Waals surface area contributed by atoms with Crippen LogP contribution in [0.25, 0.3) is 0 Å². The number of benzene rings is 1. The van der Waals surface area contributed by atoms with Gasteiger partial charge in [-0.2, -0.15) is 4.31 Å². The second-order valence-corrected chi connectivity index (χ2v) is 7.01. The molecule has 5 heteroatoms. The van der Waals surface area contributed by atoms with Gasteiger partial charge in [0, 0.05) is 18.1 Å². The molecule has 0 unspecified atom stereocenters. The highest BCUT2D eigenvalue weighted by molar-refractivity contribution is 7.89. The van der Waals surface area contributed by atoms with Gasteiger partial charge in [0.15, 0.2) is 0 Å². The van der Waals surface area contributed by atoms with Gasteiger partial charge in [-0.25, -0.2) is 8.42 Å². The highest BCUT2D eigenvalue weighted by Crippen LogP contribution is 2.19. The highest BCUT2D eigenvalue weighted by Gasteiger charge is 2.24. The summed E-state index contributed by atoms with van der Waals surface area (Å²) in [4.78, 5) is 0. The standard InChI is InChI=1S/C12H18ClNO2S/c1-4-14(17(15,16)10(2)3)9-11-7-5-6-8-12(11)13/h5-8,10H,4,9H2,1-3H3. The lowest BCUT2D eigenvalue weighted by atomic mass is 10.2. The monoisotopic (exact) mass is 275 g/mol. The molecule has 1 rings (SSSR count). The number of sulfonamides is 1. The molecule has 0 amide bonds. The van der Waals surface area contributed by atoms with E-state index in [2.05, 4.69) is 0 Å². The smallest absolute Gasteiger partial charge is 0.212 e. The number of rotatable bonds is 5. The van der Waals surface area contributed by atoms with E-state index in [0.29, 0.717) is 18.1 Å². The third kappa shape index (κ3) is 3.44. The first-order valence-corrected chi connectivity index (χ1v) is 7.50. The molecule has 1 aromatic carbocycles. The van der Waals surface area contributed by atoms with Crippen LogP contribution in [0.1, 0.15) is 26.3 Å². The Morgan fingerprint density at radius 3 is 2.35 bits per heavy atom. The van der Waals surface area contributed by atoms with Crippen LogP contribution in [0.15, 0.2) is 24.3 Å². The van der Waals surface area contributed by atoms with Gasteiger partial charge in [0.2, 0.25) is 10.0 Å². The molecule has 0 fully saturated rings. The Hall–Kier alpha value is -0.580. The minimum atomic E-state index is -3.23. The van der Waals surface area contributed by atoms with Crippen molar-refractivity contribution in [3.05, 3.63) is 34.9 Å². The van der Waals surface area contributed by atoms with Crippen molar-refractivity contribution < 1.29 is 8.42 Å². The van der Waals surface area contributed by atoms with Crippen LogP contribution in [0.4, 0.5) is 0 Å². The molecule has 0 spiro atoms. The molecule has 0 N–H and O–H groups in total. The van der Waals surface area contributed by atoms with E-state index in [1.807, 2.05) is 25.1 Å². The molecule has 0 bridgehead atoms. The van der Waals surface area contributed by atoms with E-state index in [1.54, 1.807) is 19.9 Å². The van der Waals surface area contributed by atoms with E-state index in [4.69, 9.17) is 11.6 Å². The lowest BCUT2D eigenvalue weighted by Gasteiger charge is -2.23. The summed E-state index contributed by atoms with van der Waals surface area (Å²) in [5, 5.41) is 0.190. The van der Waals surface area contributed by atoms with Crippen molar-refractivity contribution in [2.75, 3.05) is 6.54 Å². The van der Waals surface area contributed by atoms with E-state index in [0.717, 1.165) is 5.56 Å². The lowest BCUT2D eigenvalue weighted by molar-refractivity contribution is 0.418. The zero-order valence-corrected chi connectivity index (χ0v) is 11.9. The predicted molar refractivity (Wildman–Crippen MR) is 71.6 cm³/mol. The van der Waals surface area contributed by atoms with Gasteiger partial charge < -0.3 is 0 Å². The van der Waals surface area contributed by atoms with Gasteiger partial charge >= 0.3 is 0 Å². The van der Waals surface area contributed by atoms with E-state index in [-0.39, 0.29) is 0 Å². The van der Waals surface area contributed by atoms with Gasteiger partial charge in [0.25, 0.3) is 0 Å². The fraction of sp³-hybridized carbons (Fsp3) is 0.500. The molecule has 0 saturated carbocycles. The molecule has 0 aliphatic rings. The molecule has 17 heavy (non-hydrogen) atoms. The largest absolute Gasteiger partial charge is 0.216 e. The van der Waals surface area contributed by atoms with Gasteiger partial charge in [-0.15, -0.1) is 0 Å². The van der Waals surface area contributed by atoms with Gasteiger partial charge in [-0.05, 0) is 25.5 Å². The van der Waals surface area contributed by atoms with Crippen LogP contribution in [-0.4, -0.2) is 24.5 Å². The molecule has 3 nitrogen and oxygen atoms in total. The third-order valence-electron chi connectivity index (χ3n) is 2.61. The maximum atomic E-state index is 12.1. The molecule has 96 valence electrons. The summed E-state index contributed by atoms with van der Waals surface area (Å²) in [6.45, 7) is 5.98. The summed E-state index contributed by atoms with van der Waals surface area (Å²) < 4.78 is 25.6. The molecule has 0 aromatic heterocycles. The van der Waals surface area contributed by atoms with E-state index in [1.165, 1.54) is 4.31 Å². The molecule has 0 saturated heterocycles. The van der Waals surface area contributed by atoms with Crippen LogP contribution >= 0.6 is 11.6 Å². The van der Waals surface area contributed by atoms with Crippen molar-refractivity contribution in [3.8, 4) is 0 Å². The second-order valence-electron chi connectivity index (χ2n) is 4.11. The lowest BCUT2D eigenvalue weighted by Crippen LogP contribution is -2.35. The molecule has 0 aliphatic heterocycles. The number of nitrogens with zero attached hydrogens (tertiary/aromatic N) is 1. The third-order valence-corrected chi connectivity index (χ3v) is 5.28. The van der Waals surface area contributed by atoms with Crippen molar-refractivity contribution in [2.24, 2.45) is 0 Å². The minimum Gasteiger partial charge on any atom is -0.212 e. The maximum Gasteiger partial charge on any atom is 0.216 e. The van der Waals surface area contributed by atoms with Gasteiger partial charge in [0.1, 0.15) is 0 Å². The Balaban J connectivity index is 2.96. The summed E-state index contributed by atoms with van der Waals surface area (Å²) in [6, 6.07) is 7.31. The van der Waals surface area contributed by atoms with Crippen LogP contribution in [-0.2, 0) is 16.6 Å². The first kappa shape index (κ1) is 14.5. The van der Waals surface area contributed by atoms with Crippen molar-refractivity contribution in [1.82, 2.24) is 4.31 Å². The topological polar surface area (TPSA) is 37.4 Å². The summed E-state index contributed by atoms with van der Waals surface area (Å²) >= 11 is 6.03. The Labute approximate surface area is 108 Å². The van der Waals surface area contributed by atoms with Gasteiger partial charge in [-0.1, -0.05) is 36.7 Å². The molecule has 0 atom stereocenters. The first-order valence-electron chi connectivity index (χ1n) is 5.62. The maximum absolute atomic E-state index is 12.1. The second kappa shape index (κ2) is 5.85. The Morgan fingerprint density at radius 1 is 1.29 bits per heavy atom. The zero-order chi connectivity index (χ0) is 13.1. The predicted octanol–water partition coefficient (Wildman–Crippen LogP) is 2.90. The Morgan fingerprint density at radius 2 is 1.88 bits per heavy atom. The van der Waals surface area contributed by atoms with E-state index in [9.17, 15) is 8.42 Å². The number of halogens is 1. The summed E-state index contributed by atoms with van der Waals surface area (Å²) in [5.41, 5.74) is 0.834. The minimum absolute atomic E-state index is 0.330. The van der Waals surface area contributed by atoms with Crippen molar-refractivity contribution >= 4 is 21.6 Å². The SMILES string of the molecule is CCN(Cc1ccccc1Cl)S(=O)(=O)C(C)C. The van der Waals surface area contributed by atoms with Crippen molar-refractivity contribution in [2.45, 2.75) is 32.6 Å². The van der Waals surface area contributed by atoms with E-state index >= 15 is 0 Å². The van der Waals surface area contributed by atoms with Gasteiger partial charge in [0.05, 0.1) is 5.25 Å². The normalized spacial score (nSPS) is 12.4. The van der Waals surface area contributed by atoms with Crippen LogP contribution in [0, 0.1) is 0 Å². The van der Waals surface area contributed by atoms with Crippen LogP contribution in [0.5, 0.6) is 0 Å². The molecular formula is C12H18ClNO2S. The average molecular weight is 276 g/mol.